The number of hydrogen-bond acceptors (Lipinski definition) is 4. The highest BCUT2D eigenvalue weighted by atomic mass is 35.5. The Morgan fingerprint density at radius 2 is 2.40 bits per heavy atom. The summed E-state index contributed by atoms with van der Waals surface area (Å²) in [7, 11) is 1.34. The number of hydrogen-bond donors (Lipinski definition) is 1. The van der Waals surface area contributed by atoms with Crippen LogP contribution in [0, 0.1) is 0 Å². The average Bonchev–Trinajstić information content (AvgIpc) is 2.93. The highest BCUT2D eigenvalue weighted by molar-refractivity contribution is 6.33. The molecule has 104 valence electrons. The van der Waals surface area contributed by atoms with Crippen LogP contribution in [0.1, 0.15) is 15.9 Å². The van der Waals surface area contributed by atoms with E-state index in [1.165, 1.54) is 7.11 Å². The van der Waals surface area contributed by atoms with Crippen molar-refractivity contribution in [1.82, 2.24) is 9.78 Å². The van der Waals surface area contributed by atoms with Gasteiger partial charge in [0.15, 0.2) is 0 Å². The predicted molar refractivity (Wildman–Crippen MR) is 78.7 cm³/mol. The smallest absolute Gasteiger partial charge is 0.337 e. The van der Waals surface area contributed by atoms with Gasteiger partial charge in [0.05, 0.1) is 29.6 Å². The van der Waals surface area contributed by atoms with E-state index in [2.05, 4.69) is 21.7 Å². The predicted octanol–water partition coefficient (Wildman–Crippen LogP) is 3.04. The van der Waals surface area contributed by atoms with Crippen molar-refractivity contribution in [2.75, 3.05) is 12.4 Å². The van der Waals surface area contributed by atoms with E-state index in [-0.39, 0.29) is 0 Å². The Kier molecular flexibility index (Phi) is 4.42. The fourth-order valence-electron chi connectivity index (χ4n) is 1.67. The van der Waals surface area contributed by atoms with E-state index < -0.39 is 5.97 Å². The van der Waals surface area contributed by atoms with Crippen LogP contribution in [0.25, 0.3) is 6.20 Å². The molecule has 0 amide bonds. The Hall–Kier alpha value is -2.27. The number of aromatic nitrogens is 2. The third-order valence-corrected chi connectivity index (χ3v) is 3.04. The largest absolute Gasteiger partial charge is 0.465 e. The number of benzene rings is 1. The van der Waals surface area contributed by atoms with Crippen molar-refractivity contribution in [2.24, 2.45) is 0 Å². The third-order valence-electron chi connectivity index (χ3n) is 2.71. The van der Waals surface area contributed by atoms with Gasteiger partial charge < -0.3 is 10.1 Å². The first-order valence-electron chi connectivity index (χ1n) is 5.91. The van der Waals surface area contributed by atoms with Crippen LogP contribution in [-0.2, 0) is 11.3 Å². The fourth-order valence-corrected chi connectivity index (χ4v) is 1.86. The molecule has 0 fully saturated rings. The van der Waals surface area contributed by atoms with E-state index in [4.69, 9.17) is 11.6 Å². The normalized spacial score (nSPS) is 10.1. The second-order valence-electron chi connectivity index (χ2n) is 4.05. The van der Waals surface area contributed by atoms with Gasteiger partial charge >= 0.3 is 5.97 Å². The second-order valence-corrected chi connectivity index (χ2v) is 4.46. The van der Waals surface area contributed by atoms with Gasteiger partial charge in [-0.2, -0.15) is 5.10 Å². The Morgan fingerprint density at radius 3 is 3.05 bits per heavy atom. The highest BCUT2D eigenvalue weighted by Crippen LogP contribution is 2.24. The van der Waals surface area contributed by atoms with Gasteiger partial charge in [-0.25, -0.2) is 9.48 Å². The molecule has 0 radical (unpaired) electrons. The summed E-state index contributed by atoms with van der Waals surface area (Å²) in [4.78, 5) is 11.5. The van der Waals surface area contributed by atoms with Crippen molar-refractivity contribution >= 4 is 29.5 Å². The lowest BCUT2D eigenvalue weighted by atomic mass is 10.2. The maximum atomic E-state index is 11.5. The first kappa shape index (κ1) is 14.1. The van der Waals surface area contributed by atoms with E-state index in [0.717, 1.165) is 5.56 Å². The Labute approximate surface area is 121 Å². The van der Waals surface area contributed by atoms with Gasteiger partial charge in [-0.15, -0.1) is 0 Å². The third kappa shape index (κ3) is 3.19. The SMILES string of the molecule is C=Cn1cc(CNc2cc(C(=O)OC)ccc2Cl)cn1. The number of carbonyl (C=O) groups excluding carboxylic acids is 1. The lowest BCUT2D eigenvalue weighted by Crippen LogP contribution is -2.04. The molecule has 20 heavy (non-hydrogen) atoms. The van der Waals surface area contributed by atoms with Gasteiger partial charge in [0, 0.05) is 24.5 Å². The molecule has 0 spiro atoms. The maximum absolute atomic E-state index is 11.5. The number of nitrogens with zero attached hydrogens (tertiary/aromatic N) is 2. The number of anilines is 1. The number of ether oxygens (including phenoxy) is 1. The number of esters is 1. The van der Waals surface area contributed by atoms with E-state index in [9.17, 15) is 4.79 Å². The first-order valence-corrected chi connectivity index (χ1v) is 6.29. The number of methoxy groups -OCH3 is 1. The Morgan fingerprint density at radius 1 is 1.60 bits per heavy atom. The summed E-state index contributed by atoms with van der Waals surface area (Å²) in [5.74, 6) is -0.399. The minimum Gasteiger partial charge on any atom is -0.465 e. The van der Waals surface area contributed by atoms with Crippen molar-refractivity contribution in [3.63, 3.8) is 0 Å². The Balaban J connectivity index is 2.12. The summed E-state index contributed by atoms with van der Waals surface area (Å²) >= 11 is 6.09. The standard InChI is InChI=1S/C14H14ClN3O2/c1-3-18-9-10(8-17-18)7-16-13-6-11(14(19)20-2)4-5-12(13)15/h3-6,8-9,16H,1,7H2,2H3. The zero-order valence-corrected chi connectivity index (χ0v) is 11.7. The van der Waals surface area contributed by atoms with E-state index >= 15 is 0 Å². The number of rotatable bonds is 5. The van der Waals surface area contributed by atoms with Crippen molar-refractivity contribution in [2.45, 2.75) is 6.54 Å². The molecular weight excluding hydrogens is 278 g/mol. The van der Waals surface area contributed by atoms with Gasteiger partial charge in [-0.05, 0) is 18.2 Å². The summed E-state index contributed by atoms with van der Waals surface area (Å²) in [5, 5.41) is 7.77. The van der Waals surface area contributed by atoms with Crippen molar-refractivity contribution in [1.29, 1.82) is 0 Å². The molecule has 1 heterocycles. The number of nitrogens with one attached hydrogen (secondary N) is 1. The molecule has 1 aromatic carbocycles. The molecule has 0 aliphatic heterocycles. The van der Waals surface area contributed by atoms with Crippen LogP contribution in [-0.4, -0.2) is 22.9 Å². The van der Waals surface area contributed by atoms with Gasteiger partial charge in [0.25, 0.3) is 0 Å². The summed E-state index contributed by atoms with van der Waals surface area (Å²) in [5.41, 5.74) is 2.09. The fraction of sp³-hybridized carbons (Fsp3) is 0.143. The van der Waals surface area contributed by atoms with Crippen LogP contribution in [0.2, 0.25) is 5.02 Å². The summed E-state index contributed by atoms with van der Waals surface area (Å²) in [6.45, 7) is 4.16. The van der Waals surface area contributed by atoms with Crippen LogP contribution >= 0.6 is 11.6 Å². The van der Waals surface area contributed by atoms with Gasteiger partial charge in [-0.1, -0.05) is 18.2 Å². The molecule has 0 saturated carbocycles. The lowest BCUT2D eigenvalue weighted by Gasteiger charge is -2.08. The quantitative estimate of drug-likeness (QED) is 0.860. The molecule has 1 N–H and O–H groups in total. The molecule has 0 bridgehead atoms. The zero-order valence-electron chi connectivity index (χ0n) is 11.0. The Bertz CT molecular complexity index is 637. The van der Waals surface area contributed by atoms with Crippen molar-refractivity contribution < 1.29 is 9.53 Å². The molecule has 0 unspecified atom stereocenters. The van der Waals surface area contributed by atoms with Crippen LogP contribution in [0.5, 0.6) is 0 Å². The van der Waals surface area contributed by atoms with Crippen molar-refractivity contribution in [3.05, 3.63) is 53.3 Å². The highest BCUT2D eigenvalue weighted by Gasteiger charge is 2.09. The topological polar surface area (TPSA) is 56.2 Å². The minimum absolute atomic E-state index is 0.399. The van der Waals surface area contributed by atoms with Gasteiger partial charge in [-0.3, -0.25) is 0 Å². The van der Waals surface area contributed by atoms with Gasteiger partial charge in [0.1, 0.15) is 0 Å². The summed E-state index contributed by atoms with van der Waals surface area (Å²) in [6, 6.07) is 4.94. The van der Waals surface area contributed by atoms with E-state index in [1.54, 1.807) is 35.3 Å². The van der Waals surface area contributed by atoms with Crippen LogP contribution in [0.15, 0.2) is 37.2 Å². The molecule has 0 aliphatic rings. The van der Waals surface area contributed by atoms with Crippen molar-refractivity contribution in [3.8, 4) is 0 Å². The molecule has 0 atom stereocenters. The monoisotopic (exact) mass is 291 g/mol. The van der Waals surface area contributed by atoms with Crippen LogP contribution in [0.3, 0.4) is 0 Å². The molecular formula is C14H14ClN3O2. The first-order chi connectivity index (χ1) is 9.63. The van der Waals surface area contributed by atoms with Crippen LogP contribution in [0.4, 0.5) is 5.69 Å². The molecule has 0 saturated heterocycles. The maximum Gasteiger partial charge on any atom is 0.337 e. The molecule has 0 aliphatic carbocycles. The summed E-state index contributed by atoms with van der Waals surface area (Å²) < 4.78 is 6.29. The van der Waals surface area contributed by atoms with Gasteiger partial charge in [0.2, 0.25) is 0 Å². The zero-order chi connectivity index (χ0) is 14.5. The molecule has 2 rings (SSSR count). The number of halogens is 1. The molecule has 2 aromatic rings. The molecule has 1 aromatic heterocycles. The molecule has 6 heteroatoms. The molecule has 5 nitrogen and oxygen atoms in total. The van der Waals surface area contributed by atoms with Crippen LogP contribution < -0.4 is 5.32 Å². The minimum atomic E-state index is -0.399. The number of carbonyl (C=O) groups is 1. The lowest BCUT2D eigenvalue weighted by molar-refractivity contribution is 0.0601. The average molecular weight is 292 g/mol. The second kappa shape index (κ2) is 6.25. The summed E-state index contributed by atoms with van der Waals surface area (Å²) in [6.07, 6.45) is 5.18. The van der Waals surface area contributed by atoms with E-state index in [0.29, 0.717) is 22.8 Å². The van der Waals surface area contributed by atoms with E-state index in [1.807, 2.05) is 6.20 Å².